The maximum atomic E-state index is 13.2. The van der Waals surface area contributed by atoms with Crippen molar-refractivity contribution in [2.75, 3.05) is 63.2 Å². The topological polar surface area (TPSA) is 93.7 Å². The van der Waals surface area contributed by atoms with Crippen LogP contribution in [0.5, 0.6) is 5.75 Å². The molecule has 2 saturated heterocycles. The van der Waals surface area contributed by atoms with Gasteiger partial charge in [0.05, 0.1) is 0 Å². The van der Waals surface area contributed by atoms with Gasteiger partial charge in [-0.15, -0.1) is 0 Å². The van der Waals surface area contributed by atoms with Crippen LogP contribution in [0.4, 0.5) is 11.4 Å². The van der Waals surface area contributed by atoms with Crippen LogP contribution in [0.1, 0.15) is 29.3 Å². The van der Waals surface area contributed by atoms with Gasteiger partial charge in [-0.2, -0.15) is 0 Å². The molecule has 10 heteroatoms. The van der Waals surface area contributed by atoms with E-state index in [0.717, 1.165) is 24.3 Å². The summed E-state index contributed by atoms with van der Waals surface area (Å²) in [5, 5.41) is 0. The third kappa shape index (κ3) is 5.03. The highest BCUT2D eigenvalue weighted by Gasteiger charge is 2.36. The molecule has 2 aromatic carbocycles. The number of ether oxygens (including phenoxy) is 1. The Morgan fingerprint density at radius 1 is 0.947 bits per heavy atom. The quantitative estimate of drug-likeness (QED) is 0.576. The molecule has 3 aliphatic heterocycles. The van der Waals surface area contributed by atoms with E-state index < -0.39 is 6.10 Å². The first kappa shape index (κ1) is 25.6. The van der Waals surface area contributed by atoms with Crippen LogP contribution in [0.25, 0.3) is 0 Å². The summed E-state index contributed by atoms with van der Waals surface area (Å²) in [5.74, 6) is 0.263. The van der Waals surface area contributed by atoms with Gasteiger partial charge in [0.1, 0.15) is 12.3 Å². The highest BCUT2D eigenvalue weighted by Crippen LogP contribution is 2.31. The number of benzene rings is 2. The smallest absolute Gasteiger partial charge is 0.268 e. The molecule has 0 saturated carbocycles. The second kappa shape index (κ2) is 10.4. The molecule has 0 radical (unpaired) electrons. The molecule has 5 rings (SSSR count). The van der Waals surface area contributed by atoms with E-state index in [2.05, 4.69) is 4.90 Å². The number of amides is 4. The summed E-state index contributed by atoms with van der Waals surface area (Å²) in [7, 11) is 3.33. The molecule has 1 atom stereocenters. The average Bonchev–Trinajstić information content (AvgIpc) is 3.43. The van der Waals surface area contributed by atoms with E-state index in [0.29, 0.717) is 49.6 Å². The zero-order valence-electron chi connectivity index (χ0n) is 22.1. The fourth-order valence-corrected chi connectivity index (χ4v) is 5.15. The Morgan fingerprint density at radius 2 is 1.63 bits per heavy atom. The number of carbonyl (C=O) groups is 4. The van der Waals surface area contributed by atoms with E-state index in [4.69, 9.17) is 4.74 Å². The molecule has 0 spiro atoms. The third-order valence-electron chi connectivity index (χ3n) is 7.47. The molecule has 0 N–H and O–H groups in total. The van der Waals surface area contributed by atoms with Gasteiger partial charge in [-0.25, -0.2) is 0 Å². The maximum absolute atomic E-state index is 13.2. The molecule has 2 aromatic rings. The monoisotopic (exact) mass is 519 g/mol. The van der Waals surface area contributed by atoms with Crippen LogP contribution in [0.15, 0.2) is 42.5 Å². The highest BCUT2D eigenvalue weighted by molar-refractivity contribution is 6.03. The molecule has 3 heterocycles. The largest absolute Gasteiger partial charge is 0.481 e. The van der Waals surface area contributed by atoms with Gasteiger partial charge in [-0.3, -0.25) is 19.2 Å². The lowest BCUT2D eigenvalue weighted by Gasteiger charge is -2.35. The van der Waals surface area contributed by atoms with Crippen molar-refractivity contribution in [3.8, 4) is 5.75 Å². The van der Waals surface area contributed by atoms with Crippen LogP contribution in [0.2, 0.25) is 0 Å². The van der Waals surface area contributed by atoms with Gasteiger partial charge >= 0.3 is 0 Å². The van der Waals surface area contributed by atoms with E-state index in [-0.39, 0.29) is 30.2 Å². The first-order valence-electron chi connectivity index (χ1n) is 12.9. The summed E-state index contributed by atoms with van der Waals surface area (Å²) < 4.78 is 6.05. The maximum Gasteiger partial charge on any atom is 0.268 e. The third-order valence-corrected chi connectivity index (χ3v) is 7.47. The van der Waals surface area contributed by atoms with Crippen molar-refractivity contribution < 1.29 is 23.9 Å². The molecule has 0 aliphatic carbocycles. The minimum absolute atomic E-state index is 0.0296. The first-order chi connectivity index (χ1) is 18.2. The van der Waals surface area contributed by atoms with E-state index in [1.54, 1.807) is 32.0 Å². The van der Waals surface area contributed by atoms with Crippen LogP contribution < -0.4 is 14.5 Å². The Kier molecular flexibility index (Phi) is 6.96. The van der Waals surface area contributed by atoms with Crippen molar-refractivity contribution in [2.45, 2.75) is 26.0 Å². The van der Waals surface area contributed by atoms with E-state index in [1.165, 1.54) is 9.80 Å². The zero-order valence-corrected chi connectivity index (χ0v) is 22.1. The minimum Gasteiger partial charge on any atom is -0.481 e. The van der Waals surface area contributed by atoms with E-state index >= 15 is 0 Å². The summed E-state index contributed by atoms with van der Waals surface area (Å²) in [6.45, 7) is 5.49. The molecule has 0 aromatic heterocycles. The molecule has 200 valence electrons. The van der Waals surface area contributed by atoms with E-state index in [9.17, 15) is 19.2 Å². The number of hydrogen-bond acceptors (Lipinski definition) is 6. The number of rotatable bonds is 6. The lowest BCUT2D eigenvalue weighted by Crippen LogP contribution is -2.48. The molecule has 38 heavy (non-hydrogen) atoms. The van der Waals surface area contributed by atoms with Crippen molar-refractivity contribution in [3.05, 3.63) is 53.6 Å². The Balaban J connectivity index is 1.20. The minimum atomic E-state index is -0.599. The van der Waals surface area contributed by atoms with Gasteiger partial charge in [-0.05, 0) is 42.0 Å². The number of carbonyl (C=O) groups excluding carboxylic acids is 4. The standard InChI is InChI=1S/C28H33N5O5/c1-19(34)30-12-14-31(15-13-30)21-6-8-23(9-7-21)38-25-10-11-33(28(25)37)22-5-4-20-17-32(18-26(35)29(2)3)27(36)24(20)16-22/h4-9,16,25H,10-15,17-18H2,1-3H3/t25-/m1/s1. The molecule has 0 bridgehead atoms. The van der Waals surface area contributed by atoms with Crippen molar-refractivity contribution in [1.82, 2.24) is 14.7 Å². The van der Waals surface area contributed by atoms with Crippen molar-refractivity contribution >= 4 is 35.0 Å². The molecule has 0 unspecified atom stereocenters. The van der Waals surface area contributed by atoms with Crippen molar-refractivity contribution in [2.24, 2.45) is 0 Å². The van der Waals surface area contributed by atoms with Crippen LogP contribution in [0.3, 0.4) is 0 Å². The second-order valence-electron chi connectivity index (χ2n) is 10.2. The van der Waals surface area contributed by atoms with Gasteiger partial charge in [0, 0.05) is 83.6 Å². The van der Waals surface area contributed by atoms with Crippen LogP contribution in [0, 0.1) is 0 Å². The van der Waals surface area contributed by atoms with Crippen LogP contribution in [-0.2, 0) is 20.9 Å². The molecular weight excluding hydrogens is 486 g/mol. The zero-order chi connectivity index (χ0) is 27.0. The van der Waals surface area contributed by atoms with E-state index in [1.807, 2.05) is 41.3 Å². The predicted octanol–water partition coefficient (Wildman–Crippen LogP) is 1.58. The lowest BCUT2D eigenvalue weighted by molar-refractivity contribution is -0.130. The summed E-state index contributed by atoms with van der Waals surface area (Å²) in [4.78, 5) is 58.5. The Labute approximate surface area is 222 Å². The number of hydrogen-bond donors (Lipinski definition) is 0. The van der Waals surface area contributed by atoms with Crippen molar-refractivity contribution in [3.63, 3.8) is 0 Å². The van der Waals surface area contributed by atoms with Gasteiger partial charge in [-0.1, -0.05) is 6.07 Å². The van der Waals surface area contributed by atoms with Crippen LogP contribution in [-0.4, -0.2) is 97.8 Å². The Bertz CT molecular complexity index is 1250. The summed E-state index contributed by atoms with van der Waals surface area (Å²) in [6.07, 6.45) is -0.0552. The number of likely N-dealkylation sites (N-methyl/N-ethyl adjacent to an activating group) is 1. The summed E-state index contributed by atoms with van der Waals surface area (Å²) >= 11 is 0. The molecule has 10 nitrogen and oxygen atoms in total. The molecular formula is C28H33N5O5. The van der Waals surface area contributed by atoms with Crippen molar-refractivity contribution in [1.29, 1.82) is 0 Å². The fourth-order valence-electron chi connectivity index (χ4n) is 5.15. The first-order valence-corrected chi connectivity index (χ1v) is 12.9. The molecule has 3 aliphatic rings. The second-order valence-corrected chi connectivity index (χ2v) is 10.2. The summed E-state index contributed by atoms with van der Waals surface area (Å²) in [6, 6.07) is 13.2. The average molecular weight is 520 g/mol. The lowest BCUT2D eigenvalue weighted by atomic mass is 10.1. The fraction of sp³-hybridized carbons (Fsp3) is 0.429. The Morgan fingerprint density at radius 3 is 2.29 bits per heavy atom. The number of piperazine rings is 1. The van der Waals surface area contributed by atoms with Gasteiger partial charge in [0.25, 0.3) is 11.8 Å². The molecule has 2 fully saturated rings. The SMILES string of the molecule is CC(=O)N1CCN(c2ccc(O[C@@H]3CCN(c4ccc5c(c4)C(=O)N(CC(=O)N(C)C)C5)C3=O)cc2)CC1. The van der Waals surface area contributed by atoms with Gasteiger partial charge in [0.15, 0.2) is 6.10 Å². The van der Waals surface area contributed by atoms with Crippen LogP contribution >= 0.6 is 0 Å². The number of fused-ring (bicyclic) bond motifs is 1. The Hall–Kier alpha value is -4.08. The van der Waals surface area contributed by atoms with Gasteiger partial charge in [0.2, 0.25) is 11.8 Å². The predicted molar refractivity (Wildman–Crippen MR) is 142 cm³/mol. The number of anilines is 2. The van der Waals surface area contributed by atoms with Gasteiger partial charge < -0.3 is 29.2 Å². The summed E-state index contributed by atoms with van der Waals surface area (Å²) in [5.41, 5.74) is 3.11. The highest BCUT2D eigenvalue weighted by atomic mass is 16.5. The normalized spacial score (nSPS) is 19.2. The molecule has 4 amide bonds. The number of nitrogens with zero attached hydrogens (tertiary/aromatic N) is 5.